The third-order valence-corrected chi connectivity index (χ3v) is 4.20. The van der Waals surface area contributed by atoms with Crippen LogP contribution in [0.1, 0.15) is 5.56 Å². The summed E-state index contributed by atoms with van der Waals surface area (Å²) in [5.74, 6) is -1.52. The quantitative estimate of drug-likeness (QED) is 0.445. The molecule has 0 aliphatic rings. The summed E-state index contributed by atoms with van der Waals surface area (Å²) in [4.78, 5) is 34.8. The summed E-state index contributed by atoms with van der Waals surface area (Å²) in [6.45, 7) is -1.28. The molecule has 0 spiro atoms. The molecule has 162 valence electrons. The van der Waals surface area contributed by atoms with Gasteiger partial charge in [-0.1, -0.05) is 11.6 Å². The van der Waals surface area contributed by atoms with E-state index in [0.29, 0.717) is 11.5 Å². The molecule has 7 nitrogen and oxygen atoms in total. The van der Waals surface area contributed by atoms with Gasteiger partial charge >= 0.3 is 17.8 Å². The molecule has 0 atom stereocenters. The summed E-state index contributed by atoms with van der Waals surface area (Å²) in [6, 6.07) is 10.2. The van der Waals surface area contributed by atoms with Crippen molar-refractivity contribution in [3.63, 3.8) is 0 Å². The lowest BCUT2D eigenvalue weighted by Gasteiger charge is -2.12. The number of esters is 1. The third kappa shape index (κ3) is 5.98. The maximum Gasteiger partial charge on any atom is 0.417 e. The van der Waals surface area contributed by atoms with E-state index < -0.39 is 47.5 Å². The summed E-state index contributed by atoms with van der Waals surface area (Å²) < 4.78 is 53.5. The van der Waals surface area contributed by atoms with Gasteiger partial charge in [0.25, 0.3) is 5.91 Å². The SMILES string of the molecule is O=C(COC(=O)COc1ccc2ccc(=O)oc2c1)Nc1ccc(Cl)c(C(F)(F)F)c1. The van der Waals surface area contributed by atoms with Crippen molar-refractivity contribution in [2.75, 3.05) is 18.5 Å². The van der Waals surface area contributed by atoms with Crippen LogP contribution < -0.4 is 15.7 Å². The highest BCUT2D eigenvalue weighted by molar-refractivity contribution is 6.31. The minimum absolute atomic E-state index is 0.160. The summed E-state index contributed by atoms with van der Waals surface area (Å²) in [7, 11) is 0. The molecule has 1 amide bonds. The Hall–Kier alpha value is -3.53. The van der Waals surface area contributed by atoms with E-state index in [4.69, 9.17) is 25.5 Å². The van der Waals surface area contributed by atoms with Crippen molar-refractivity contribution < 1.29 is 36.7 Å². The minimum atomic E-state index is -4.69. The van der Waals surface area contributed by atoms with Gasteiger partial charge in [-0.3, -0.25) is 4.79 Å². The summed E-state index contributed by atoms with van der Waals surface area (Å²) in [5.41, 5.74) is -1.55. The number of hydrogen-bond donors (Lipinski definition) is 1. The zero-order valence-corrected chi connectivity index (χ0v) is 16.3. The van der Waals surface area contributed by atoms with Gasteiger partial charge in [-0.15, -0.1) is 0 Å². The van der Waals surface area contributed by atoms with Crippen LogP contribution in [0, 0.1) is 0 Å². The topological polar surface area (TPSA) is 94.8 Å². The lowest BCUT2D eigenvalue weighted by molar-refractivity contribution is -0.149. The molecule has 0 unspecified atom stereocenters. The number of rotatable bonds is 6. The third-order valence-electron chi connectivity index (χ3n) is 3.87. The van der Waals surface area contributed by atoms with E-state index in [0.717, 1.165) is 6.07 Å². The molecule has 2 aromatic carbocycles. The standard InChI is InChI=1S/C20H13ClF3NO6/c21-15-5-3-12(7-14(15)20(22,23)24)25-17(26)9-30-19(28)10-29-13-4-1-11-2-6-18(27)31-16(11)8-13/h1-8H,9-10H2,(H,25,26). The van der Waals surface area contributed by atoms with Crippen LogP contribution in [0.3, 0.4) is 0 Å². The van der Waals surface area contributed by atoms with Gasteiger partial charge in [-0.2, -0.15) is 13.2 Å². The second-order valence-electron chi connectivity index (χ2n) is 6.14. The van der Waals surface area contributed by atoms with Gasteiger partial charge in [0.05, 0.1) is 10.6 Å². The van der Waals surface area contributed by atoms with Gasteiger partial charge < -0.3 is 19.2 Å². The molecule has 0 saturated heterocycles. The molecule has 11 heteroatoms. The van der Waals surface area contributed by atoms with E-state index in [1.165, 1.54) is 18.2 Å². The highest BCUT2D eigenvalue weighted by Crippen LogP contribution is 2.36. The molecule has 0 bridgehead atoms. The zero-order valence-electron chi connectivity index (χ0n) is 15.5. The maximum absolute atomic E-state index is 12.8. The number of halogens is 4. The van der Waals surface area contributed by atoms with Gasteiger partial charge in [0.15, 0.2) is 13.2 Å². The highest BCUT2D eigenvalue weighted by Gasteiger charge is 2.33. The first-order valence-electron chi connectivity index (χ1n) is 8.61. The Kier molecular flexibility index (Phi) is 6.50. The van der Waals surface area contributed by atoms with Crippen molar-refractivity contribution in [3.8, 4) is 5.75 Å². The molecule has 0 aliphatic heterocycles. The van der Waals surface area contributed by atoms with Gasteiger partial charge in [-0.05, 0) is 36.4 Å². The normalized spacial score (nSPS) is 11.2. The summed E-state index contributed by atoms with van der Waals surface area (Å²) in [5, 5.41) is 2.32. The van der Waals surface area contributed by atoms with Crippen LogP contribution in [0.2, 0.25) is 5.02 Å². The van der Waals surface area contributed by atoms with Crippen molar-refractivity contribution >= 4 is 40.1 Å². The number of fused-ring (bicyclic) bond motifs is 1. The molecule has 3 aromatic rings. The fraction of sp³-hybridized carbons (Fsp3) is 0.150. The Morgan fingerprint density at radius 3 is 2.52 bits per heavy atom. The Labute approximate surface area is 177 Å². The van der Waals surface area contributed by atoms with Crippen LogP contribution in [0.5, 0.6) is 5.75 Å². The van der Waals surface area contributed by atoms with Crippen LogP contribution >= 0.6 is 11.6 Å². The van der Waals surface area contributed by atoms with Crippen molar-refractivity contribution in [1.82, 2.24) is 0 Å². The molecule has 1 N–H and O–H groups in total. The minimum Gasteiger partial charge on any atom is -0.482 e. The molecule has 0 saturated carbocycles. The number of carbonyl (C=O) groups is 2. The number of carbonyl (C=O) groups excluding carboxylic acids is 2. The largest absolute Gasteiger partial charge is 0.482 e. The second kappa shape index (κ2) is 9.09. The number of anilines is 1. The number of benzene rings is 2. The molecule has 0 fully saturated rings. The summed E-state index contributed by atoms with van der Waals surface area (Å²) in [6.07, 6.45) is -4.69. The Balaban J connectivity index is 1.51. The lowest BCUT2D eigenvalue weighted by Crippen LogP contribution is -2.23. The average Bonchev–Trinajstić information content (AvgIpc) is 2.71. The van der Waals surface area contributed by atoms with E-state index in [-0.39, 0.29) is 17.0 Å². The van der Waals surface area contributed by atoms with E-state index in [2.05, 4.69) is 5.32 Å². The Morgan fingerprint density at radius 1 is 1.03 bits per heavy atom. The van der Waals surface area contributed by atoms with E-state index in [9.17, 15) is 27.6 Å². The van der Waals surface area contributed by atoms with Crippen molar-refractivity contribution in [2.45, 2.75) is 6.18 Å². The first-order valence-corrected chi connectivity index (χ1v) is 8.98. The number of nitrogens with one attached hydrogen (secondary N) is 1. The first kappa shape index (κ1) is 22.2. The Morgan fingerprint density at radius 2 is 1.77 bits per heavy atom. The van der Waals surface area contributed by atoms with Crippen LogP contribution in [-0.2, 0) is 20.5 Å². The van der Waals surface area contributed by atoms with Crippen LogP contribution in [-0.4, -0.2) is 25.1 Å². The number of hydrogen-bond acceptors (Lipinski definition) is 6. The molecule has 1 heterocycles. The van der Waals surface area contributed by atoms with Crippen LogP contribution in [0.15, 0.2) is 57.7 Å². The highest BCUT2D eigenvalue weighted by atomic mass is 35.5. The molecule has 31 heavy (non-hydrogen) atoms. The number of amides is 1. The number of ether oxygens (including phenoxy) is 2. The predicted molar refractivity (Wildman–Crippen MR) is 104 cm³/mol. The average molecular weight is 456 g/mol. The van der Waals surface area contributed by atoms with Gasteiger partial charge in [0.2, 0.25) is 0 Å². The van der Waals surface area contributed by atoms with Crippen molar-refractivity contribution in [3.05, 3.63) is 69.5 Å². The maximum atomic E-state index is 12.8. The van der Waals surface area contributed by atoms with E-state index >= 15 is 0 Å². The van der Waals surface area contributed by atoms with E-state index in [1.807, 2.05) is 0 Å². The molecular formula is C20H13ClF3NO6. The lowest BCUT2D eigenvalue weighted by atomic mass is 10.2. The number of alkyl halides is 3. The molecule has 0 radical (unpaired) electrons. The van der Waals surface area contributed by atoms with Crippen molar-refractivity contribution in [1.29, 1.82) is 0 Å². The summed E-state index contributed by atoms with van der Waals surface area (Å²) >= 11 is 5.51. The molecule has 0 aliphatic carbocycles. The van der Waals surface area contributed by atoms with Crippen LogP contribution in [0.25, 0.3) is 11.0 Å². The molecule has 3 rings (SSSR count). The fourth-order valence-electron chi connectivity index (χ4n) is 2.48. The smallest absolute Gasteiger partial charge is 0.417 e. The van der Waals surface area contributed by atoms with Crippen LogP contribution in [0.4, 0.5) is 18.9 Å². The molecule has 1 aromatic heterocycles. The molecular weight excluding hydrogens is 443 g/mol. The first-order chi connectivity index (χ1) is 14.6. The fourth-order valence-corrected chi connectivity index (χ4v) is 2.70. The van der Waals surface area contributed by atoms with Crippen molar-refractivity contribution in [2.24, 2.45) is 0 Å². The Bertz CT molecular complexity index is 1190. The van der Waals surface area contributed by atoms with Gasteiger partial charge in [0.1, 0.15) is 11.3 Å². The van der Waals surface area contributed by atoms with Gasteiger partial charge in [-0.25, -0.2) is 9.59 Å². The van der Waals surface area contributed by atoms with E-state index in [1.54, 1.807) is 18.2 Å². The second-order valence-corrected chi connectivity index (χ2v) is 6.55. The monoisotopic (exact) mass is 455 g/mol. The zero-order chi connectivity index (χ0) is 22.6. The van der Waals surface area contributed by atoms with Gasteiger partial charge in [0, 0.05) is 23.2 Å². The predicted octanol–water partition coefficient (Wildman–Crippen LogP) is 4.03.